The minimum atomic E-state index is -0.277. The first kappa shape index (κ1) is 12.5. The summed E-state index contributed by atoms with van der Waals surface area (Å²) in [6.45, 7) is 4.29. The zero-order chi connectivity index (χ0) is 11.8. The second-order valence-corrected chi connectivity index (χ2v) is 3.48. The van der Waals surface area contributed by atoms with Crippen LogP contribution < -0.4 is 0 Å². The van der Waals surface area contributed by atoms with Crippen molar-refractivity contribution in [2.75, 3.05) is 6.61 Å². The molecule has 0 spiro atoms. The van der Waals surface area contributed by atoms with Crippen LogP contribution in [-0.4, -0.2) is 12.6 Å². The number of benzene rings is 1. The first-order chi connectivity index (χ1) is 7.79. The fourth-order valence-corrected chi connectivity index (χ4v) is 1.49. The summed E-state index contributed by atoms with van der Waals surface area (Å²) >= 11 is 0. The topological polar surface area (TPSA) is 26.3 Å². The maximum absolute atomic E-state index is 11.8. The van der Waals surface area contributed by atoms with Crippen molar-refractivity contribution in [2.24, 2.45) is 0 Å². The van der Waals surface area contributed by atoms with E-state index in [0.29, 0.717) is 6.61 Å². The van der Waals surface area contributed by atoms with Gasteiger partial charge < -0.3 is 4.74 Å². The van der Waals surface area contributed by atoms with Crippen LogP contribution in [0.15, 0.2) is 42.5 Å². The molecule has 2 nitrogen and oxygen atoms in total. The lowest BCUT2D eigenvalue weighted by atomic mass is 9.98. The molecule has 0 saturated carbocycles. The largest absolute Gasteiger partial charge is 0.465 e. The molecule has 0 saturated heterocycles. The molecule has 2 heteroatoms. The molecule has 0 aromatic heterocycles. The molecule has 0 radical (unpaired) electrons. The Balaban J connectivity index is 2.87. The molecule has 0 amide bonds. The van der Waals surface area contributed by atoms with Gasteiger partial charge in [0.25, 0.3) is 0 Å². The first-order valence-corrected chi connectivity index (χ1v) is 5.67. The van der Waals surface area contributed by atoms with Crippen LogP contribution in [0.3, 0.4) is 0 Å². The Morgan fingerprint density at radius 3 is 2.56 bits per heavy atom. The summed E-state index contributed by atoms with van der Waals surface area (Å²) in [5.74, 6) is -0.459. The Kier molecular flexibility index (Phi) is 5.34. The summed E-state index contributed by atoms with van der Waals surface area (Å²) in [5, 5.41) is 0. The molecule has 0 aliphatic carbocycles. The summed E-state index contributed by atoms with van der Waals surface area (Å²) in [5.41, 5.74) is 0.977. The predicted molar refractivity (Wildman–Crippen MR) is 65.2 cm³/mol. The molecule has 1 aromatic rings. The van der Waals surface area contributed by atoms with Gasteiger partial charge in [-0.05, 0) is 18.9 Å². The van der Waals surface area contributed by atoms with Crippen LogP contribution in [-0.2, 0) is 9.53 Å². The highest BCUT2D eigenvalue weighted by atomic mass is 16.5. The molecule has 0 aliphatic heterocycles. The number of esters is 1. The summed E-state index contributed by atoms with van der Waals surface area (Å²) in [6.07, 6.45) is 4.82. The Morgan fingerprint density at radius 2 is 2.00 bits per heavy atom. The first-order valence-electron chi connectivity index (χ1n) is 5.67. The highest BCUT2D eigenvalue weighted by Crippen LogP contribution is 2.19. The number of ether oxygens (including phenoxy) is 1. The summed E-state index contributed by atoms with van der Waals surface area (Å²) in [4.78, 5) is 11.8. The van der Waals surface area contributed by atoms with Crippen molar-refractivity contribution in [3.8, 4) is 0 Å². The van der Waals surface area contributed by atoms with Crippen LogP contribution in [0.25, 0.3) is 0 Å². The zero-order valence-corrected chi connectivity index (χ0v) is 9.85. The highest BCUT2D eigenvalue weighted by Gasteiger charge is 2.17. The number of rotatable bonds is 5. The van der Waals surface area contributed by atoms with Crippen molar-refractivity contribution in [3.05, 3.63) is 48.0 Å². The highest BCUT2D eigenvalue weighted by molar-refractivity contribution is 5.80. The van der Waals surface area contributed by atoms with Gasteiger partial charge >= 0.3 is 5.97 Å². The predicted octanol–water partition coefficient (Wildman–Crippen LogP) is 3.30. The van der Waals surface area contributed by atoms with Gasteiger partial charge in [0.1, 0.15) is 0 Å². The quantitative estimate of drug-likeness (QED) is 0.560. The van der Waals surface area contributed by atoms with Crippen LogP contribution in [0.4, 0.5) is 0 Å². The summed E-state index contributed by atoms with van der Waals surface area (Å²) in [7, 11) is 0. The van der Waals surface area contributed by atoms with Crippen molar-refractivity contribution >= 4 is 5.97 Å². The van der Waals surface area contributed by atoms with Gasteiger partial charge in [-0.25, -0.2) is 0 Å². The lowest BCUT2D eigenvalue weighted by Gasteiger charge is -2.11. The van der Waals surface area contributed by atoms with Gasteiger partial charge in [0.15, 0.2) is 0 Å². The Morgan fingerprint density at radius 1 is 1.31 bits per heavy atom. The third kappa shape index (κ3) is 3.54. The molecule has 1 atom stereocenters. The molecule has 1 aromatic carbocycles. The number of carbonyl (C=O) groups excluding carboxylic acids is 1. The van der Waals surface area contributed by atoms with Crippen LogP contribution in [0.1, 0.15) is 31.7 Å². The second kappa shape index (κ2) is 6.83. The van der Waals surface area contributed by atoms with E-state index in [9.17, 15) is 4.79 Å². The fraction of sp³-hybridized carbons (Fsp3) is 0.357. The molecule has 16 heavy (non-hydrogen) atoms. The smallest absolute Gasteiger partial charge is 0.317 e. The minimum Gasteiger partial charge on any atom is -0.465 e. The summed E-state index contributed by atoms with van der Waals surface area (Å²) in [6, 6.07) is 9.70. The van der Waals surface area contributed by atoms with Gasteiger partial charge in [0.2, 0.25) is 0 Å². The monoisotopic (exact) mass is 218 g/mol. The number of carbonyl (C=O) groups is 1. The van der Waals surface area contributed by atoms with Crippen molar-refractivity contribution in [2.45, 2.75) is 26.2 Å². The molecule has 0 fully saturated rings. The lowest BCUT2D eigenvalue weighted by Crippen LogP contribution is -2.14. The Labute approximate surface area is 96.9 Å². The Bertz CT molecular complexity index is 341. The fourth-order valence-electron chi connectivity index (χ4n) is 1.49. The average molecular weight is 218 g/mol. The van der Waals surface area contributed by atoms with Crippen LogP contribution >= 0.6 is 0 Å². The lowest BCUT2D eigenvalue weighted by molar-refractivity contribution is -0.143. The maximum Gasteiger partial charge on any atom is 0.317 e. The second-order valence-electron chi connectivity index (χ2n) is 3.48. The van der Waals surface area contributed by atoms with E-state index in [1.165, 1.54) is 0 Å². The van der Waals surface area contributed by atoms with Crippen LogP contribution in [0, 0.1) is 0 Å². The Hall–Kier alpha value is -1.57. The molecule has 86 valence electrons. The van der Waals surface area contributed by atoms with E-state index in [4.69, 9.17) is 4.74 Å². The van der Waals surface area contributed by atoms with Crippen molar-refractivity contribution in [1.29, 1.82) is 0 Å². The normalized spacial score (nSPS) is 12.6. The van der Waals surface area contributed by atoms with Crippen molar-refractivity contribution in [3.63, 3.8) is 0 Å². The van der Waals surface area contributed by atoms with Crippen LogP contribution in [0.5, 0.6) is 0 Å². The van der Waals surface area contributed by atoms with E-state index in [1.54, 1.807) is 0 Å². The van der Waals surface area contributed by atoms with Crippen LogP contribution in [0.2, 0.25) is 0 Å². The maximum atomic E-state index is 11.8. The molecule has 1 unspecified atom stereocenters. The van der Waals surface area contributed by atoms with Gasteiger partial charge in [0.05, 0.1) is 12.5 Å². The molecule has 1 rings (SSSR count). The summed E-state index contributed by atoms with van der Waals surface area (Å²) < 4.78 is 5.07. The van der Waals surface area contributed by atoms with Gasteiger partial charge in [-0.15, -0.1) is 0 Å². The third-order valence-electron chi connectivity index (χ3n) is 2.26. The third-order valence-corrected chi connectivity index (χ3v) is 2.26. The molecule has 0 aliphatic rings. The van der Waals surface area contributed by atoms with Gasteiger partial charge in [-0.2, -0.15) is 0 Å². The number of allylic oxidation sites excluding steroid dienone is 1. The number of hydrogen-bond acceptors (Lipinski definition) is 2. The SMILES string of the molecule is CCC=CC(C(=O)OCC)c1ccccc1. The minimum absolute atomic E-state index is 0.182. The molecule has 0 N–H and O–H groups in total. The van der Waals surface area contributed by atoms with Gasteiger partial charge in [-0.3, -0.25) is 4.79 Å². The van der Waals surface area contributed by atoms with Crippen molar-refractivity contribution < 1.29 is 9.53 Å². The molecule has 0 bridgehead atoms. The average Bonchev–Trinajstić information content (AvgIpc) is 2.31. The van der Waals surface area contributed by atoms with E-state index in [1.807, 2.05) is 56.3 Å². The van der Waals surface area contributed by atoms with E-state index < -0.39 is 0 Å². The molecular formula is C14H18O2. The van der Waals surface area contributed by atoms with E-state index in [2.05, 4.69) is 0 Å². The number of hydrogen-bond donors (Lipinski definition) is 0. The zero-order valence-electron chi connectivity index (χ0n) is 9.85. The van der Waals surface area contributed by atoms with Gasteiger partial charge in [0, 0.05) is 0 Å². The standard InChI is InChI=1S/C14H18O2/c1-3-5-11-13(14(15)16-4-2)12-9-7-6-8-10-12/h5-11,13H,3-4H2,1-2H3. The van der Waals surface area contributed by atoms with Gasteiger partial charge in [-0.1, -0.05) is 49.4 Å². The van der Waals surface area contributed by atoms with Crippen molar-refractivity contribution in [1.82, 2.24) is 0 Å². The molecule has 0 heterocycles. The molecular weight excluding hydrogens is 200 g/mol. The van der Waals surface area contributed by atoms with E-state index >= 15 is 0 Å². The van der Waals surface area contributed by atoms with E-state index in [-0.39, 0.29) is 11.9 Å². The van der Waals surface area contributed by atoms with E-state index in [0.717, 1.165) is 12.0 Å².